The van der Waals surface area contributed by atoms with Gasteiger partial charge in [0.2, 0.25) is 0 Å². The molecule has 0 radical (unpaired) electrons. The number of carboxylic acid groups (broad SMARTS) is 1. The first-order valence-electron chi connectivity index (χ1n) is 6.19. The van der Waals surface area contributed by atoms with E-state index < -0.39 is 5.97 Å². The quantitative estimate of drug-likeness (QED) is 0.908. The van der Waals surface area contributed by atoms with Crippen molar-refractivity contribution in [2.24, 2.45) is 5.92 Å². The van der Waals surface area contributed by atoms with Crippen molar-refractivity contribution < 1.29 is 9.90 Å². The number of piperidine rings is 1. The van der Waals surface area contributed by atoms with Crippen LogP contribution >= 0.6 is 15.9 Å². The van der Waals surface area contributed by atoms with Crippen molar-refractivity contribution in [1.82, 2.24) is 0 Å². The highest BCUT2D eigenvalue weighted by atomic mass is 79.9. The minimum Gasteiger partial charge on any atom is -0.481 e. The topological polar surface area (TPSA) is 40.5 Å². The number of anilines is 1. The highest BCUT2D eigenvalue weighted by molar-refractivity contribution is 9.10. The van der Waals surface area contributed by atoms with E-state index in [4.69, 9.17) is 0 Å². The van der Waals surface area contributed by atoms with Crippen LogP contribution in [-0.2, 0) is 4.79 Å². The lowest BCUT2D eigenvalue weighted by Crippen LogP contribution is -2.55. The van der Waals surface area contributed by atoms with Crippen LogP contribution in [0.3, 0.4) is 0 Å². The van der Waals surface area contributed by atoms with E-state index >= 15 is 0 Å². The minimum absolute atomic E-state index is 0.315. The second-order valence-corrected chi connectivity index (χ2v) is 6.23. The number of aliphatic carboxylic acids is 1. The molecule has 1 aliphatic heterocycles. The van der Waals surface area contributed by atoms with Crippen molar-refractivity contribution in [3.63, 3.8) is 0 Å². The summed E-state index contributed by atoms with van der Waals surface area (Å²) in [6, 6.07) is 8.05. The number of hydrogen-bond donors (Lipinski definition) is 1. The molecule has 1 unspecified atom stereocenters. The summed E-state index contributed by atoms with van der Waals surface area (Å²) in [5.74, 6) is -1.01. The Balaban J connectivity index is 2.35. The number of nitrogens with zero attached hydrogens (tertiary/aromatic N) is 1. The maximum atomic E-state index is 11.4. The molecule has 1 fully saturated rings. The molecule has 18 heavy (non-hydrogen) atoms. The molecule has 1 saturated heterocycles. The molecule has 98 valence electrons. The average molecular weight is 312 g/mol. The molecular formula is C14H18BrNO2. The molecule has 2 rings (SSSR count). The van der Waals surface area contributed by atoms with Gasteiger partial charge in [0.05, 0.1) is 5.92 Å². The van der Waals surface area contributed by atoms with Gasteiger partial charge >= 0.3 is 5.97 Å². The van der Waals surface area contributed by atoms with Gasteiger partial charge in [-0.05, 0) is 44.9 Å². The first kappa shape index (κ1) is 13.4. The third kappa shape index (κ3) is 2.39. The van der Waals surface area contributed by atoms with Gasteiger partial charge in [-0.25, -0.2) is 0 Å². The Morgan fingerprint density at radius 2 is 2.22 bits per heavy atom. The molecule has 1 atom stereocenters. The lowest BCUT2D eigenvalue weighted by atomic mass is 9.78. The van der Waals surface area contributed by atoms with Gasteiger partial charge in [0.25, 0.3) is 0 Å². The van der Waals surface area contributed by atoms with Crippen molar-refractivity contribution in [2.45, 2.75) is 32.2 Å². The fourth-order valence-corrected chi connectivity index (χ4v) is 3.20. The van der Waals surface area contributed by atoms with Gasteiger partial charge in [0.1, 0.15) is 0 Å². The summed E-state index contributed by atoms with van der Waals surface area (Å²) >= 11 is 3.47. The van der Waals surface area contributed by atoms with Gasteiger partial charge in [-0.3, -0.25) is 4.79 Å². The van der Waals surface area contributed by atoms with E-state index in [9.17, 15) is 9.90 Å². The molecule has 0 bridgehead atoms. The van der Waals surface area contributed by atoms with E-state index in [1.54, 1.807) is 0 Å². The van der Waals surface area contributed by atoms with E-state index in [-0.39, 0.29) is 11.5 Å². The summed E-state index contributed by atoms with van der Waals surface area (Å²) in [5, 5.41) is 9.36. The molecule has 1 N–H and O–H groups in total. The van der Waals surface area contributed by atoms with Crippen LogP contribution in [0.1, 0.15) is 26.7 Å². The van der Waals surface area contributed by atoms with Gasteiger partial charge in [-0.15, -0.1) is 0 Å². The van der Waals surface area contributed by atoms with E-state index in [0.29, 0.717) is 0 Å². The normalized spacial score (nSPS) is 22.8. The second-order valence-electron chi connectivity index (χ2n) is 5.32. The highest BCUT2D eigenvalue weighted by Gasteiger charge is 2.42. The van der Waals surface area contributed by atoms with Crippen LogP contribution < -0.4 is 4.90 Å². The summed E-state index contributed by atoms with van der Waals surface area (Å²) in [6.45, 7) is 4.95. The SMILES string of the molecule is CC1(C)C(C(=O)O)CCCN1c1cccc(Br)c1. The van der Waals surface area contributed by atoms with Gasteiger partial charge < -0.3 is 10.0 Å². The van der Waals surface area contributed by atoms with Crippen LogP contribution in [0.5, 0.6) is 0 Å². The van der Waals surface area contributed by atoms with E-state index in [1.807, 2.05) is 38.1 Å². The minimum atomic E-state index is -0.695. The molecule has 0 aromatic heterocycles. The Morgan fingerprint density at radius 1 is 1.50 bits per heavy atom. The Kier molecular flexibility index (Phi) is 3.66. The van der Waals surface area contributed by atoms with E-state index in [2.05, 4.69) is 20.8 Å². The Labute approximate surface area is 116 Å². The number of hydrogen-bond acceptors (Lipinski definition) is 2. The number of halogens is 1. The zero-order valence-electron chi connectivity index (χ0n) is 10.7. The average Bonchev–Trinajstić information content (AvgIpc) is 2.27. The summed E-state index contributed by atoms with van der Waals surface area (Å²) in [5.41, 5.74) is 0.727. The molecule has 1 aromatic rings. The third-order valence-corrected chi connectivity index (χ3v) is 4.33. The number of rotatable bonds is 2. The van der Waals surface area contributed by atoms with Gasteiger partial charge in [-0.1, -0.05) is 22.0 Å². The van der Waals surface area contributed by atoms with Crippen LogP contribution in [0.15, 0.2) is 28.7 Å². The lowest BCUT2D eigenvalue weighted by molar-refractivity contribution is -0.144. The van der Waals surface area contributed by atoms with Gasteiger partial charge in [0.15, 0.2) is 0 Å². The second kappa shape index (κ2) is 4.92. The molecule has 0 amide bonds. The van der Waals surface area contributed by atoms with Gasteiger partial charge in [-0.2, -0.15) is 0 Å². The van der Waals surface area contributed by atoms with Crippen LogP contribution in [-0.4, -0.2) is 23.2 Å². The molecule has 3 nitrogen and oxygen atoms in total. The Hall–Kier alpha value is -1.03. The summed E-state index contributed by atoms with van der Waals surface area (Å²) in [4.78, 5) is 13.6. The summed E-state index contributed by atoms with van der Waals surface area (Å²) in [6.07, 6.45) is 1.68. The van der Waals surface area contributed by atoms with Crippen molar-refractivity contribution in [1.29, 1.82) is 0 Å². The Morgan fingerprint density at radius 3 is 2.83 bits per heavy atom. The number of carbonyl (C=O) groups is 1. The monoisotopic (exact) mass is 311 g/mol. The first-order valence-corrected chi connectivity index (χ1v) is 6.98. The van der Waals surface area contributed by atoms with E-state index in [1.165, 1.54) is 0 Å². The molecule has 1 aliphatic rings. The fourth-order valence-electron chi connectivity index (χ4n) is 2.81. The number of carboxylic acids is 1. The highest BCUT2D eigenvalue weighted by Crippen LogP contribution is 2.37. The maximum Gasteiger partial charge on any atom is 0.308 e. The molecule has 1 aromatic carbocycles. The van der Waals surface area contributed by atoms with Crippen molar-refractivity contribution in [2.75, 3.05) is 11.4 Å². The molecule has 0 spiro atoms. The molecule has 1 heterocycles. The molecule has 4 heteroatoms. The standard InChI is InChI=1S/C14H18BrNO2/c1-14(2)12(13(17)18)7-4-8-16(14)11-6-3-5-10(15)9-11/h3,5-6,9,12H,4,7-8H2,1-2H3,(H,17,18). The van der Waals surface area contributed by atoms with Crippen LogP contribution in [0.25, 0.3) is 0 Å². The largest absolute Gasteiger partial charge is 0.481 e. The lowest BCUT2D eigenvalue weighted by Gasteiger charge is -2.47. The first-order chi connectivity index (χ1) is 8.43. The van der Waals surface area contributed by atoms with Crippen molar-refractivity contribution >= 4 is 27.6 Å². The third-order valence-electron chi connectivity index (χ3n) is 3.84. The van der Waals surface area contributed by atoms with Crippen LogP contribution in [0, 0.1) is 5.92 Å². The van der Waals surface area contributed by atoms with E-state index in [0.717, 1.165) is 29.5 Å². The molecule has 0 aliphatic carbocycles. The summed E-state index contributed by atoms with van der Waals surface area (Å²) < 4.78 is 1.02. The van der Waals surface area contributed by atoms with Crippen molar-refractivity contribution in [3.05, 3.63) is 28.7 Å². The zero-order chi connectivity index (χ0) is 13.3. The predicted molar refractivity (Wildman–Crippen MR) is 75.9 cm³/mol. The number of benzene rings is 1. The van der Waals surface area contributed by atoms with Gasteiger partial charge in [0, 0.05) is 22.2 Å². The smallest absolute Gasteiger partial charge is 0.308 e. The Bertz CT molecular complexity index is 459. The fraction of sp³-hybridized carbons (Fsp3) is 0.500. The maximum absolute atomic E-state index is 11.4. The van der Waals surface area contributed by atoms with Crippen LogP contribution in [0.2, 0.25) is 0 Å². The summed E-state index contributed by atoms with van der Waals surface area (Å²) in [7, 11) is 0. The molecular weight excluding hydrogens is 294 g/mol. The molecule has 0 saturated carbocycles. The zero-order valence-corrected chi connectivity index (χ0v) is 12.3. The predicted octanol–water partition coefficient (Wildman–Crippen LogP) is 3.53. The van der Waals surface area contributed by atoms with Crippen molar-refractivity contribution in [3.8, 4) is 0 Å². The van der Waals surface area contributed by atoms with Crippen LogP contribution in [0.4, 0.5) is 5.69 Å².